The van der Waals surface area contributed by atoms with Gasteiger partial charge in [0.25, 0.3) is 0 Å². The van der Waals surface area contributed by atoms with Crippen molar-refractivity contribution >= 4 is 21.7 Å². The molecule has 2 aliphatic rings. The lowest BCUT2D eigenvalue weighted by atomic mass is 9.97. The molecule has 1 aliphatic heterocycles. The number of carbonyl (C=O) groups excluding carboxylic acids is 1. The molecule has 0 spiro atoms. The third kappa shape index (κ3) is 1.42. The van der Waals surface area contributed by atoms with E-state index in [0.29, 0.717) is 0 Å². The first-order valence-electron chi connectivity index (χ1n) is 4.59. The minimum absolute atomic E-state index is 0.0626. The van der Waals surface area contributed by atoms with Gasteiger partial charge in [-0.15, -0.1) is 0 Å². The highest BCUT2D eigenvalue weighted by Gasteiger charge is 2.45. The molecule has 6 heteroatoms. The Morgan fingerprint density at radius 3 is 2.93 bits per heavy atom. The van der Waals surface area contributed by atoms with E-state index < -0.39 is 16.7 Å². The quantitative estimate of drug-likeness (QED) is 0.378. The van der Waals surface area contributed by atoms with Gasteiger partial charge in [-0.25, -0.2) is 4.79 Å². The standard InChI is InChI=1S/C8H10N2O3S/c9-10-7-8(11)13-5-3-1-2-4-6(5)14(7)12/h5-6H,1-4H2/p+1/t5-,6-,14?/m0/s1. The van der Waals surface area contributed by atoms with Crippen molar-refractivity contribution in [1.29, 1.82) is 5.39 Å². The fraction of sp³-hybridized carbons (Fsp3) is 0.750. The first-order chi connectivity index (χ1) is 6.74. The lowest BCUT2D eigenvalue weighted by molar-refractivity contribution is -0.141. The van der Waals surface area contributed by atoms with E-state index in [9.17, 15) is 9.35 Å². The minimum atomic E-state index is -1.25. The molecule has 0 bridgehead atoms. The van der Waals surface area contributed by atoms with Gasteiger partial charge in [-0.3, -0.25) is 0 Å². The third-order valence-electron chi connectivity index (χ3n) is 2.65. The maximum atomic E-state index is 11.2. The number of nitrogens with zero attached hydrogens (tertiary/aromatic N) is 2. The number of rotatable bonds is 0. The van der Waals surface area contributed by atoms with Crippen molar-refractivity contribution in [3.05, 3.63) is 4.98 Å². The lowest BCUT2D eigenvalue weighted by Crippen LogP contribution is -2.40. The van der Waals surface area contributed by atoms with Crippen LogP contribution < -0.4 is 0 Å². The smallest absolute Gasteiger partial charge is 0.452 e. The van der Waals surface area contributed by atoms with E-state index in [1.807, 2.05) is 0 Å². The summed E-state index contributed by atoms with van der Waals surface area (Å²) in [5, 5.41) is 8.49. The molecule has 0 amide bonds. The number of esters is 1. The van der Waals surface area contributed by atoms with E-state index in [4.69, 9.17) is 10.1 Å². The summed E-state index contributed by atoms with van der Waals surface area (Å²) in [6, 6.07) is 0. The van der Waals surface area contributed by atoms with Crippen LogP contribution in [0, 0.1) is 5.39 Å². The zero-order valence-corrected chi connectivity index (χ0v) is 8.37. The molecule has 76 valence electrons. The molecular formula is C8H11N2O3S+. The van der Waals surface area contributed by atoms with Gasteiger partial charge in [0.2, 0.25) is 5.39 Å². The van der Waals surface area contributed by atoms with Crippen molar-refractivity contribution in [3.63, 3.8) is 0 Å². The van der Waals surface area contributed by atoms with Gasteiger partial charge >= 0.3 is 11.0 Å². The molecule has 1 heterocycles. The molecule has 0 aromatic rings. The Kier molecular flexibility index (Phi) is 2.52. The van der Waals surface area contributed by atoms with E-state index in [1.54, 1.807) is 0 Å². The molecule has 0 radical (unpaired) electrons. The second-order valence-corrected chi connectivity index (χ2v) is 5.11. The molecule has 14 heavy (non-hydrogen) atoms. The normalized spacial score (nSPS) is 37.0. The maximum absolute atomic E-state index is 11.2. The van der Waals surface area contributed by atoms with Crippen LogP contribution in [0.2, 0.25) is 0 Å². The molecule has 0 saturated heterocycles. The average molecular weight is 215 g/mol. The SMILES string of the molecule is N#[N+]C1=S(O)[C@H]2CCCC[C@@H]2OC1=O. The van der Waals surface area contributed by atoms with Crippen LogP contribution in [0.3, 0.4) is 0 Å². The highest BCUT2D eigenvalue weighted by molar-refractivity contribution is 8.12. The number of hydrogen-bond donors (Lipinski definition) is 1. The summed E-state index contributed by atoms with van der Waals surface area (Å²) in [7, 11) is -1.25. The second-order valence-electron chi connectivity index (χ2n) is 3.49. The molecule has 0 aromatic heterocycles. The zero-order valence-electron chi connectivity index (χ0n) is 7.55. The summed E-state index contributed by atoms with van der Waals surface area (Å²) >= 11 is 0. The molecule has 1 saturated carbocycles. The Bertz CT molecular complexity index is 347. The van der Waals surface area contributed by atoms with Crippen LogP contribution in [0.25, 0.3) is 4.98 Å². The van der Waals surface area contributed by atoms with Crippen LogP contribution in [-0.2, 0) is 9.53 Å². The average Bonchev–Trinajstić information content (AvgIpc) is 2.18. The number of fused-ring (bicyclic) bond motifs is 1. The Morgan fingerprint density at radius 1 is 1.50 bits per heavy atom. The van der Waals surface area contributed by atoms with Gasteiger partial charge in [0.1, 0.15) is 6.10 Å². The highest BCUT2D eigenvalue weighted by Crippen LogP contribution is 2.37. The topological polar surface area (TPSA) is 74.7 Å². The van der Waals surface area contributed by atoms with Crippen molar-refractivity contribution in [2.75, 3.05) is 0 Å². The highest BCUT2D eigenvalue weighted by atomic mass is 32.2. The molecular weight excluding hydrogens is 204 g/mol. The van der Waals surface area contributed by atoms with Crippen LogP contribution in [-0.4, -0.2) is 26.9 Å². The van der Waals surface area contributed by atoms with Crippen molar-refractivity contribution in [1.82, 2.24) is 0 Å². The zero-order chi connectivity index (χ0) is 10.1. The van der Waals surface area contributed by atoms with Crippen LogP contribution >= 0.6 is 10.8 Å². The number of ether oxygens (including phenoxy) is 1. The van der Waals surface area contributed by atoms with Gasteiger partial charge in [0.15, 0.2) is 4.98 Å². The molecule has 1 aliphatic carbocycles. The number of diazo groups is 1. The van der Waals surface area contributed by atoms with E-state index in [-0.39, 0.29) is 16.3 Å². The molecule has 5 nitrogen and oxygen atoms in total. The van der Waals surface area contributed by atoms with Gasteiger partial charge < -0.3 is 9.29 Å². The van der Waals surface area contributed by atoms with E-state index in [0.717, 1.165) is 25.7 Å². The Balaban J connectivity index is 2.34. The van der Waals surface area contributed by atoms with Crippen LogP contribution in [0.5, 0.6) is 0 Å². The molecule has 0 aromatic carbocycles. The summed E-state index contributed by atoms with van der Waals surface area (Å²) in [5.41, 5.74) is 0. The van der Waals surface area contributed by atoms with E-state index in [2.05, 4.69) is 4.98 Å². The Hall–Kier alpha value is -0.930. The fourth-order valence-corrected chi connectivity index (χ4v) is 3.41. The summed E-state index contributed by atoms with van der Waals surface area (Å²) < 4.78 is 14.9. The van der Waals surface area contributed by atoms with Gasteiger partial charge in [-0.05, 0) is 19.3 Å². The predicted octanol–water partition coefficient (Wildman–Crippen LogP) is 1.58. The Morgan fingerprint density at radius 2 is 2.21 bits per heavy atom. The fourth-order valence-electron chi connectivity index (χ4n) is 1.95. The number of hydrogen-bond acceptors (Lipinski definition) is 4. The van der Waals surface area contributed by atoms with Crippen LogP contribution in [0.15, 0.2) is 0 Å². The number of carbonyl (C=O) groups is 1. The second kappa shape index (κ2) is 3.67. The lowest BCUT2D eigenvalue weighted by Gasteiger charge is -2.31. The summed E-state index contributed by atoms with van der Waals surface area (Å²) in [5.74, 6) is -0.679. The molecule has 3 atom stereocenters. The maximum Gasteiger partial charge on any atom is 0.517 e. The minimum Gasteiger partial charge on any atom is -0.452 e. The van der Waals surface area contributed by atoms with Crippen LogP contribution in [0.1, 0.15) is 25.7 Å². The monoisotopic (exact) mass is 215 g/mol. The van der Waals surface area contributed by atoms with Crippen molar-refractivity contribution in [2.24, 2.45) is 0 Å². The third-order valence-corrected chi connectivity index (χ3v) is 4.41. The summed E-state index contributed by atoms with van der Waals surface area (Å²) in [4.78, 5) is 13.8. The largest absolute Gasteiger partial charge is 0.517 e. The van der Waals surface area contributed by atoms with Crippen molar-refractivity contribution < 1.29 is 14.1 Å². The van der Waals surface area contributed by atoms with E-state index in [1.165, 1.54) is 0 Å². The van der Waals surface area contributed by atoms with Crippen LogP contribution in [0.4, 0.5) is 0 Å². The molecule has 1 unspecified atom stereocenters. The molecule has 1 fully saturated rings. The van der Waals surface area contributed by atoms with Crippen molar-refractivity contribution in [3.8, 4) is 0 Å². The Labute approximate surface area is 83.8 Å². The van der Waals surface area contributed by atoms with Gasteiger partial charge in [-0.1, -0.05) is 6.42 Å². The molecule has 2 rings (SSSR count). The predicted molar refractivity (Wildman–Crippen MR) is 52.4 cm³/mol. The summed E-state index contributed by atoms with van der Waals surface area (Å²) in [6.07, 6.45) is 3.50. The van der Waals surface area contributed by atoms with Crippen molar-refractivity contribution in [2.45, 2.75) is 37.0 Å². The van der Waals surface area contributed by atoms with Gasteiger partial charge in [0.05, 0.1) is 5.25 Å². The van der Waals surface area contributed by atoms with E-state index >= 15 is 0 Å². The van der Waals surface area contributed by atoms with Gasteiger partial charge in [-0.2, -0.15) is 0 Å². The summed E-state index contributed by atoms with van der Waals surface area (Å²) in [6.45, 7) is 0. The first kappa shape index (κ1) is 9.62. The van der Waals surface area contributed by atoms with Gasteiger partial charge in [0, 0.05) is 10.8 Å². The molecule has 1 N–H and O–H groups in total. The first-order valence-corrected chi connectivity index (χ1v) is 5.83.